The van der Waals surface area contributed by atoms with Crippen molar-refractivity contribution in [3.8, 4) is 34.0 Å². The van der Waals surface area contributed by atoms with Crippen LogP contribution in [0, 0.1) is 0 Å². The highest BCUT2D eigenvalue weighted by Gasteiger charge is 2.18. The molecule has 0 bridgehead atoms. The van der Waals surface area contributed by atoms with Crippen LogP contribution in [0.15, 0.2) is 77.7 Å². The third-order valence-electron chi connectivity index (χ3n) is 6.64. The van der Waals surface area contributed by atoms with Crippen molar-refractivity contribution >= 4 is 11.6 Å². The molecule has 0 aliphatic rings. The van der Waals surface area contributed by atoms with Crippen molar-refractivity contribution in [3.05, 3.63) is 99.7 Å². The van der Waals surface area contributed by atoms with Crippen molar-refractivity contribution in [1.29, 1.82) is 0 Å². The zero-order valence-corrected chi connectivity index (χ0v) is 22.2. The quantitative estimate of drug-likeness (QED) is 0.227. The largest absolute Gasteiger partial charge is 0.494 e. The van der Waals surface area contributed by atoms with E-state index in [1.807, 2.05) is 47.2 Å². The van der Waals surface area contributed by atoms with Crippen molar-refractivity contribution in [2.75, 3.05) is 7.11 Å². The molecule has 2 aromatic heterocycles. The molecule has 0 spiro atoms. The Kier molecular flexibility index (Phi) is 7.70. The second-order valence-corrected chi connectivity index (χ2v) is 9.51. The standard InChI is InChI=1S/C29H29ClN6O2/c1-3-4-5-9-22-19-36(27-25(30)12-8-13-26(27)38-2)29(37)35(22)18-20-14-16-21(17-15-20)23-10-6-7-11-24(23)28-31-33-34-32-28/h6-8,10-17,19H,3-5,9,18H2,1-2H3,(H,31,32,33,34). The zero-order chi connectivity index (χ0) is 26.5. The molecule has 194 valence electrons. The lowest BCUT2D eigenvalue weighted by Crippen LogP contribution is -2.25. The number of tetrazole rings is 1. The fourth-order valence-electron chi connectivity index (χ4n) is 4.69. The number of aryl methyl sites for hydroxylation is 1. The number of nitrogens with zero attached hydrogens (tertiary/aromatic N) is 5. The van der Waals surface area contributed by atoms with Crippen LogP contribution in [0.3, 0.4) is 0 Å². The van der Waals surface area contributed by atoms with Crippen LogP contribution in [0.4, 0.5) is 0 Å². The zero-order valence-electron chi connectivity index (χ0n) is 21.4. The van der Waals surface area contributed by atoms with E-state index in [0.29, 0.717) is 28.8 Å². The van der Waals surface area contributed by atoms with Gasteiger partial charge in [-0.1, -0.05) is 86.0 Å². The lowest BCUT2D eigenvalue weighted by molar-refractivity contribution is 0.412. The Morgan fingerprint density at radius 1 is 0.974 bits per heavy atom. The van der Waals surface area contributed by atoms with E-state index in [1.54, 1.807) is 17.7 Å². The van der Waals surface area contributed by atoms with E-state index >= 15 is 0 Å². The molecule has 3 aromatic carbocycles. The highest BCUT2D eigenvalue weighted by molar-refractivity contribution is 6.32. The molecule has 8 nitrogen and oxygen atoms in total. The normalized spacial score (nSPS) is 11.1. The van der Waals surface area contributed by atoms with Crippen LogP contribution < -0.4 is 10.4 Å². The van der Waals surface area contributed by atoms with Crippen molar-refractivity contribution in [2.24, 2.45) is 0 Å². The Balaban J connectivity index is 1.49. The first kappa shape index (κ1) is 25.5. The van der Waals surface area contributed by atoms with Crippen molar-refractivity contribution in [3.63, 3.8) is 0 Å². The number of aromatic amines is 1. The maximum absolute atomic E-state index is 13.7. The van der Waals surface area contributed by atoms with Gasteiger partial charge in [0.15, 0.2) is 5.82 Å². The molecule has 0 amide bonds. The molecule has 5 aromatic rings. The average Bonchev–Trinajstić information content (AvgIpc) is 3.58. The van der Waals surface area contributed by atoms with E-state index in [2.05, 4.69) is 51.8 Å². The average molecular weight is 529 g/mol. The van der Waals surface area contributed by atoms with Gasteiger partial charge in [0.1, 0.15) is 11.4 Å². The van der Waals surface area contributed by atoms with E-state index in [-0.39, 0.29) is 5.69 Å². The molecule has 0 fully saturated rings. The number of nitrogens with one attached hydrogen (secondary N) is 1. The minimum absolute atomic E-state index is 0.143. The molecule has 2 heterocycles. The highest BCUT2D eigenvalue weighted by Crippen LogP contribution is 2.31. The number of ether oxygens (including phenoxy) is 1. The van der Waals surface area contributed by atoms with Gasteiger partial charge in [-0.3, -0.25) is 9.13 Å². The number of H-pyrrole nitrogens is 1. The maximum Gasteiger partial charge on any atom is 0.333 e. The number of benzene rings is 3. The summed E-state index contributed by atoms with van der Waals surface area (Å²) in [6, 6.07) is 21.6. The number of aromatic nitrogens is 6. The Bertz CT molecular complexity index is 1570. The predicted octanol–water partition coefficient (Wildman–Crippen LogP) is 5.93. The minimum Gasteiger partial charge on any atom is -0.494 e. The second kappa shape index (κ2) is 11.5. The van der Waals surface area contributed by atoms with Gasteiger partial charge in [0.05, 0.1) is 18.7 Å². The van der Waals surface area contributed by atoms with Crippen LogP contribution in [-0.4, -0.2) is 36.9 Å². The van der Waals surface area contributed by atoms with Crippen molar-refractivity contribution in [1.82, 2.24) is 29.8 Å². The molecule has 38 heavy (non-hydrogen) atoms. The predicted molar refractivity (Wildman–Crippen MR) is 149 cm³/mol. The minimum atomic E-state index is -0.143. The topological polar surface area (TPSA) is 90.6 Å². The van der Waals surface area contributed by atoms with Crippen molar-refractivity contribution < 1.29 is 4.74 Å². The SMILES string of the molecule is CCCCCc1cn(-c2c(Cl)cccc2OC)c(=O)n1Cc1ccc(-c2ccccc2-c2nnn[nH]2)cc1. The number of halogens is 1. The fraction of sp³-hybridized carbons (Fsp3) is 0.241. The first-order valence-corrected chi connectivity index (χ1v) is 13.0. The first-order valence-electron chi connectivity index (χ1n) is 12.7. The summed E-state index contributed by atoms with van der Waals surface area (Å²) in [6.07, 6.45) is 5.92. The van der Waals surface area contributed by atoms with Crippen LogP contribution in [0.1, 0.15) is 37.4 Å². The lowest BCUT2D eigenvalue weighted by Gasteiger charge is -2.11. The number of methoxy groups -OCH3 is 1. The van der Waals surface area contributed by atoms with Crippen molar-refractivity contribution in [2.45, 2.75) is 39.2 Å². The summed E-state index contributed by atoms with van der Waals surface area (Å²) >= 11 is 6.53. The third kappa shape index (κ3) is 5.13. The summed E-state index contributed by atoms with van der Waals surface area (Å²) in [5.74, 6) is 1.17. The number of unbranched alkanes of at least 4 members (excludes halogenated alkanes) is 2. The van der Waals surface area contributed by atoms with Gasteiger partial charge in [-0.05, 0) is 52.1 Å². The molecular formula is C29H29ClN6O2. The van der Waals surface area contributed by atoms with E-state index in [1.165, 1.54) is 0 Å². The maximum atomic E-state index is 13.7. The Hall–Kier alpha value is -4.17. The van der Waals surface area contributed by atoms with E-state index in [0.717, 1.165) is 53.6 Å². The fourth-order valence-corrected chi connectivity index (χ4v) is 4.95. The lowest BCUT2D eigenvalue weighted by atomic mass is 9.98. The summed E-state index contributed by atoms with van der Waals surface area (Å²) in [6.45, 7) is 2.62. The van der Waals surface area contributed by atoms with Crippen LogP contribution in [0.25, 0.3) is 28.2 Å². The monoisotopic (exact) mass is 528 g/mol. The summed E-state index contributed by atoms with van der Waals surface area (Å²) in [7, 11) is 1.58. The summed E-state index contributed by atoms with van der Waals surface area (Å²) < 4.78 is 8.97. The smallest absolute Gasteiger partial charge is 0.333 e. The summed E-state index contributed by atoms with van der Waals surface area (Å²) in [5.41, 5.74) is 5.39. The molecule has 0 aliphatic carbocycles. The summed E-state index contributed by atoms with van der Waals surface area (Å²) in [4.78, 5) is 13.7. The van der Waals surface area contributed by atoms with E-state index in [9.17, 15) is 4.79 Å². The number of rotatable bonds is 10. The van der Waals surface area contributed by atoms with Gasteiger partial charge >= 0.3 is 5.69 Å². The molecule has 0 saturated carbocycles. The molecule has 0 aliphatic heterocycles. The Morgan fingerprint density at radius 2 is 1.76 bits per heavy atom. The first-order chi connectivity index (χ1) is 18.6. The molecule has 9 heteroatoms. The Labute approximate surface area is 225 Å². The van der Waals surface area contributed by atoms with Gasteiger partial charge in [0.2, 0.25) is 0 Å². The number of hydrogen-bond donors (Lipinski definition) is 1. The van der Waals surface area contributed by atoms with Crippen LogP contribution in [0.5, 0.6) is 5.75 Å². The molecule has 0 saturated heterocycles. The molecule has 0 atom stereocenters. The van der Waals surface area contributed by atoms with Gasteiger partial charge in [0.25, 0.3) is 0 Å². The molecule has 5 rings (SSSR count). The molecule has 1 N–H and O–H groups in total. The van der Waals surface area contributed by atoms with Gasteiger partial charge in [0, 0.05) is 17.5 Å². The molecular weight excluding hydrogens is 500 g/mol. The van der Waals surface area contributed by atoms with E-state index in [4.69, 9.17) is 16.3 Å². The van der Waals surface area contributed by atoms with Crippen LogP contribution in [-0.2, 0) is 13.0 Å². The highest BCUT2D eigenvalue weighted by atomic mass is 35.5. The molecule has 0 unspecified atom stereocenters. The number of para-hydroxylation sites is 1. The molecule has 0 radical (unpaired) electrons. The van der Waals surface area contributed by atoms with Gasteiger partial charge in [-0.15, -0.1) is 5.10 Å². The Morgan fingerprint density at radius 3 is 2.47 bits per heavy atom. The van der Waals surface area contributed by atoms with Crippen LogP contribution in [0.2, 0.25) is 5.02 Å². The summed E-state index contributed by atoms with van der Waals surface area (Å²) in [5, 5.41) is 14.8. The number of hydrogen-bond acceptors (Lipinski definition) is 5. The van der Waals surface area contributed by atoms with Crippen LogP contribution >= 0.6 is 11.6 Å². The number of imidazole rings is 1. The second-order valence-electron chi connectivity index (χ2n) is 9.10. The van der Waals surface area contributed by atoms with E-state index < -0.39 is 0 Å². The van der Waals surface area contributed by atoms with Gasteiger partial charge in [-0.2, -0.15) is 0 Å². The van der Waals surface area contributed by atoms with Gasteiger partial charge < -0.3 is 4.74 Å². The van der Waals surface area contributed by atoms with Gasteiger partial charge in [-0.25, -0.2) is 9.89 Å². The third-order valence-corrected chi connectivity index (χ3v) is 6.95.